The molecule has 0 fully saturated rings. The zero-order chi connectivity index (χ0) is 13.0. The number of Topliss-reactive ketones (excluding diaryl/α,β-unsaturated/α-hetero) is 1. The molecule has 4 heteroatoms. The number of rotatable bonds is 4. The Balaban J connectivity index is 0.00000180. The van der Waals surface area contributed by atoms with E-state index in [-0.39, 0.29) is 29.8 Å². The van der Waals surface area contributed by atoms with Gasteiger partial charge in [0.25, 0.3) is 0 Å². The maximum atomic E-state index is 12.1. The van der Waals surface area contributed by atoms with Crippen molar-refractivity contribution in [2.24, 2.45) is 0 Å². The van der Waals surface area contributed by atoms with E-state index >= 15 is 0 Å². The van der Waals surface area contributed by atoms with Crippen molar-refractivity contribution < 1.29 is 33.3 Å². The highest BCUT2D eigenvalue weighted by Crippen LogP contribution is 2.15. The Hall–Kier alpha value is -0.880. The maximum Gasteiger partial charge on any atom is 0.227 e. The first-order valence-corrected chi connectivity index (χ1v) is 7.04. The summed E-state index contributed by atoms with van der Waals surface area (Å²) >= 11 is 1.68. The minimum Gasteiger partial charge on any atom is -1.00 e. The molecule has 0 spiro atoms. The first-order valence-electron chi connectivity index (χ1n) is 5.82. The van der Waals surface area contributed by atoms with Gasteiger partial charge in [0.1, 0.15) is 0 Å². The van der Waals surface area contributed by atoms with Gasteiger partial charge >= 0.3 is 0 Å². The zero-order valence-electron chi connectivity index (χ0n) is 11.0. The molecule has 2 nitrogen and oxygen atoms in total. The Bertz CT molecular complexity index is 554. The highest BCUT2D eigenvalue weighted by molar-refractivity contribution is 7.98. The van der Waals surface area contributed by atoms with Gasteiger partial charge in [0.2, 0.25) is 12.3 Å². The number of halogens is 1. The molecule has 0 unspecified atom stereocenters. The third-order valence-electron chi connectivity index (χ3n) is 2.74. The van der Waals surface area contributed by atoms with Crippen LogP contribution in [0.25, 0.3) is 0 Å². The molecule has 0 saturated carbocycles. The minimum absolute atomic E-state index is 0. The quantitative estimate of drug-likeness (QED) is 0.317. The number of hydrogen-bond donors (Lipinski definition) is 0. The molecule has 2 rings (SSSR count). The fraction of sp³-hybridized carbons (Fsp3) is 0.200. The molecule has 0 N–H and O–H groups in total. The number of ketones is 1. The van der Waals surface area contributed by atoms with Gasteiger partial charge in [-0.3, -0.25) is 4.79 Å². The molecule has 1 aromatic heterocycles. The van der Waals surface area contributed by atoms with Crippen LogP contribution in [-0.2, 0) is 6.54 Å². The molecule has 0 bridgehead atoms. The number of thioether (sulfide) groups is 1. The summed E-state index contributed by atoms with van der Waals surface area (Å²) in [6.45, 7) is 2.41. The molecule has 0 aliphatic carbocycles. The van der Waals surface area contributed by atoms with Crippen molar-refractivity contribution in [3.05, 3.63) is 59.9 Å². The van der Waals surface area contributed by atoms with Gasteiger partial charge in [-0.05, 0) is 31.4 Å². The predicted molar refractivity (Wildman–Crippen MR) is 73.9 cm³/mol. The van der Waals surface area contributed by atoms with Crippen LogP contribution >= 0.6 is 11.8 Å². The van der Waals surface area contributed by atoms with E-state index in [0.717, 1.165) is 11.1 Å². The van der Waals surface area contributed by atoms with E-state index in [9.17, 15) is 4.79 Å². The smallest absolute Gasteiger partial charge is 0.227 e. The topological polar surface area (TPSA) is 20.9 Å². The molecule has 0 atom stereocenters. The van der Waals surface area contributed by atoms with E-state index in [1.165, 1.54) is 4.90 Å². The van der Waals surface area contributed by atoms with Gasteiger partial charge in [-0.15, -0.1) is 11.8 Å². The van der Waals surface area contributed by atoms with Gasteiger partial charge in [-0.1, -0.05) is 12.1 Å². The number of aryl methyl sites for hydroxylation is 1. The van der Waals surface area contributed by atoms with Gasteiger partial charge in [0.05, 0.1) is 0 Å². The van der Waals surface area contributed by atoms with E-state index in [1.807, 2.05) is 66.5 Å². The highest BCUT2D eigenvalue weighted by atomic mass is 127. The Morgan fingerprint density at radius 1 is 1.21 bits per heavy atom. The SMILES string of the molecule is CSc1ccc(C(=O)C[n+]2cccc(C)c2)cc1.[I-]. The van der Waals surface area contributed by atoms with Crippen LogP contribution in [0, 0.1) is 6.92 Å². The lowest BCUT2D eigenvalue weighted by atomic mass is 10.1. The normalized spacial score (nSPS) is 9.79. The molecule has 0 amide bonds. The van der Waals surface area contributed by atoms with Gasteiger partial charge in [-0.2, -0.15) is 4.57 Å². The summed E-state index contributed by atoms with van der Waals surface area (Å²) in [5.74, 6) is 0.137. The average molecular weight is 385 g/mol. The second kappa shape index (κ2) is 7.65. The van der Waals surface area contributed by atoms with Crippen molar-refractivity contribution in [2.75, 3.05) is 6.26 Å². The number of hydrogen-bond acceptors (Lipinski definition) is 2. The van der Waals surface area contributed by atoms with Crippen LogP contribution in [0.5, 0.6) is 0 Å². The summed E-state index contributed by atoms with van der Waals surface area (Å²) < 4.78 is 1.92. The van der Waals surface area contributed by atoms with Crippen LogP contribution in [-0.4, -0.2) is 12.0 Å². The van der Waals surface area contributed by atoms with Crippen molar-refractivity contribution in [3.8, 4) is 0 Å². The molecular weight excluding hydrogens is 369 g/mol. The van der Waals surface area contributed by atoms with E-state index in [4.69, 9.17) is 0 Å². The molecule has 1 aromatic carbocycles. The highest BCUT2D eigenvalue weighted by Gasteiger charge is 2.11. The third-order valence-corrected chi connectivity index (χ3v) is 3.49. The number of carbonyl (C=O) groups is 1. The van der Waals surface area contributed by atoms with Crippen LogP contribution in [0.1, 0.15) is 15.9 Å². The molecular formula is C15H16INOS. The van der Waals surface area contributed by atoms with E-state index in [1.54, 1.807) is 11.8 Å². The number of carbonyl (C=O) groups excluding carboxylic acids is 1. The summed E-state index contributed by atoms with van der Waals surface area (Å²) in [4.78, 5) is 13.3. The van der Waals surface area contributed by atoms with Crippen LogP contribution in [0.2, 0.25) is 0 Å². The summed E-state index contributed by atoms with van der Waals surface area (Å²) in [6.07, 6.45) is 5.93. The lowest BCUT2D eigenvalue weighted by molar-refractivity contribution is -0.683. The number of pyridine rings is 1. The van der Waals surface area contributed by atoms with E-state index < -0.39 is 0 Å². The fourth-order valence-electron chi connectivity index (χ4n) is 1.79. The molecule has 0 aliphatic rings. The lowest BCUT2D eigenvalue weighted by Crippen LogP contribution is -3.00. The van der Waals surface area contributed by atoms with Crippen molar-refractivity contribution >= 4 is 17.5 Å². The zero-order valence-corrected chi connectivity index (χ0v) is 13.9. The van der Waals surface area contributed by atoms with Gasteiger partial charge in [0, 0.05) is 22.1 Å². The first kappa shape index (κ1) is 16.2. The lowest BCUT2D eigenvalue weighted by Gasteiger charge is -2.00. The standard InChI is InChI=1S/C15H16NOS.HI/c1-12-4-3-9-16(10-12)11-15(17)13-5-7-14(18-2)8-6-13;/h3-10H,11H2,1-2H3;1H/q+1;/p-1. The van der Waals surface area contributed by atoms with Crippen LogP contribution in [0.4, 0.5) is 0 Å². The maximum absolute atomic E-state index is 12.1. The Morgan fingerprint density at radius 3 is 2.47 bits per heavy atom. The molecule has 0 aliphatic heterocycles. The molecule has 100 valence electrons. The molecule has 19 heavy (non-hydrogen) atoms. The third kappa shape index (κ3) is 4.62. The first-order chi connectivity index (χ1) is 8.69. The van der Waals surface area contributed by atoms with Gasteiger partial charge in [0.15, 0.2) is 12.4 Å². The number of nitrogens with zero attached hydrogens (tertiary/aromatic N) is 1. The average Bonchev–Trinajstić information content (AvgIpc) is 2.39. The molecule has 1 heterocycles. The summed E-state index contributed by atoms with van der Waals surface area (Å²) in [7, 11) is 0. The minimum atomic E-state index is 0. The summed E-state index contributed by atoms with van der Waals surface area (Å²) in [6, 6.07) is 11.7. The molecule has 0 saturated heterocycles. The van der Waals surface area contributed by atoms with Gasteiger partial charge in [-0.25, -0.2) is 0 Å². The monoisotopic (exact) mass is 385 g/mol. The second-order valence-electron chi connectivity index (χ2n) is 4.21. The largest absolute Gasteiger partial charge is 1.00 e. The summed E-state index contributed by atoms with van der Waals surface area (Å²) in [5, 5.41) is 0. The second-order valence-corrected chi connectivity index (χ2v) is 5.08. The van der Waals surface area contributed by atoms with Crippen LogP contribution in [0.3, 0.4) is 0 Å². The summed E-state index contributed by atoms with van der Waals surface area (Å²) in [5.41, 5.74) is 1.92. The van der Waals surface area contributed by atoms with Crippen molar-refractivity contribution in [1.29, 1.82) is 0 Å². The Morgan fingerprint density at radius 2 is 1.89 bits per heavy atom. The van der Waals surface area contributed by atoms with Crippen LogP contribution in [0.15, 0.2) is 53.7 Å². The van der Waals surface area contributed by atoms with E-state index in [2.05, 4.69) is 0 Å². The van der Waals surface area contributed by atoms with Crippen molar-refractivity contribution in [2.45, 2.75) is 18.4 Å². The number of aromatic nitrogens is 1. The van der Waals surface area contributed by atoms with Crippen LogP contribution < -0.4 is 28.5 Å². The van der Waals surface area contributed by atoms with Crippen molar-refractivity contribution in [3.63, 3.8) is 0 Å². The van der Waals surface area contributed by atoms with Gasteiger partial charge < -0.3 is 24.0 Å². The Labute approximate surface area is 135 Å². The number of benzene rings is 1. The Kier molecular flexibility index (Phi) is 6.51. The molecule has 2 aromatic rings. The predicted octanol–water partition coefficient (Wildman–Crippen LogP) is -0.109. The van der Waals surface area contributed by atoms with E-state index in [0.29, 0.717) is 6.54 Å². The van der Waals surface area contributed by atoms with Crippen molar-refractivity contribution in [1.82, 2.24) is 0 Å². The molecule has 0 radical (unpaired) electrons. The fourth-order valence-corrected chi connectivity index (χ4v) is 2.19.